The molecule has 0 amide bonds. The van der Waals surface area contributed by atoms with Gasteiger partial charge in [0.05, 0.1) is 0 Å². The van der Waals surface area contributed by atoms with Gasteiger partial charge < -0.3 is 0 Å². The molecule has 0 aromatic rings. The highest BCUT2D eigenvalue weighted by Gasteiger charge is 1.76. The summed E-state index contributed by atoms with van der Waals surface area (Å²) in [6, 6.07) is 0. The molecule has 0 bridgehead atoms. The molecule has 0 spiro atoms. The molecule has 0 nitrogen and oxygen atoms in total. The van der Waals surface area contributed by atoms with E-state index in [0.717, 1.165) is 5.88 Å². The molecular formula is C7H17Cl2P. The van der Waals surface area contributed by atoms with Crippen molar-refractivity contribution in [2.24, 2.45) is 0 Å². The molecule has 0 aliphatic carbocycles. The van der Waals surface area contributed by atoms with Crippen molar-refractivity contribution in [2.75, 3.05) is 5.88 Å². The van der Waals surface area contributed by atoms with Crippen LogP contribution >= 0.6 is 32.4 Å². The molecule has 0 radical (unpaired) electrons. The van der Waals surface area contributed by atoms with Crippen LogP contribution in [-0.2, 0) is 0 Å². The Hall–Kier alpha value is 1.01. The molecule has 0 rings (SSSR count). The fourth-order valence-electron chi connectivity index (χ4n) is 0.344. The third kappa shape index (κ3) is 36.0. The molecule has 0 saturated carbocycles. The van der Waals surface area contributed by atoms with Gasteiger partial charge in [0.2, 0.25) is 0 Å². The van der Waals surface area contributed by atoms with Crippen LogP contribution in [0.3, 0.4) is 0 Å². The summed E-state index contributed by atoms with van der Waals surface area (Å²) in [5.74, 6) is 0.827. The van der Waals surface area contributed by atoms with Gasteiger partial charge in [-0.1, -0.05) is 19.8 Å². The van der Waals surface area contributed by atoms with E-state index in [1.807, 2.05) is 6.92 Å². The first-order valence-electron chi connectivity index (χ1n) is 3.60. The molecule has 3 heteroatoms. The number of alkyl halides is 2. The highest BCUT2D eigenvalue weighted by atomic mass is 35.5. The molecule has 0 aromatic heterocycles. The third-order valence-corrected chi connectivity index (χ3v) is 1.00. The summed E-state index contributed by atoms with van der Waals surface area (Å²) in [4.78, 5) is 0. The lowest BCUT2D eigenvalue weighted by Crippen LogP contribution is -1.70. The Bertz CT molecular complexity index is 42.1. The molecule has 0 heterocycles. The zero-order chi connectivity index (χ0) is 8.41. The lowest BCUT2D eigenvalue weighted by atomic mass is 10.3. The van der Waals surface area contributed by atoms with Crippen LogP contribution in [0, 0.1) is 0 Å². The van der Waals surface area contributed by atoms with Crippen molar-refractivity contribution in [3.63, 3.8) is 0 Å². The van der Waals surface area contributed by atoms with Crippen LogP contribution in [-0.4, -0.2) is 11.0 Å². The van der Waals surface area contributed by atoms with Crippen molar-refractivity contribution in [1.82, 2.24) is 0 Å². The van der Waals surface area contributed by atoms with Crippen LogP contribution < -0.4 is 0 Å². The molecule has 0 aliphatic rings. The van der Waals surface area contributed by atoms with E-state index in [0.29, 0.717) is 0 Å². The fraction of sp³-hybridized carbons (Fsp3) is 1.00. The minimum atomic E-state index is 0.222. The Morgan fingerprint density at radius 3 is 1.90 bits per heavy atom. The first-order valence-corrected chi connectivity index (χ1v) is 5.24. The summed E-state index contributed by atoms with van der Waals surface area (Å²) in [7, 11) is 2.42. The van der Waals surface area contributed by atoms with Crippen LogP contribution in [0.5, 0.6) is 0 Å². The van der Waals surface area contributed by atoms with Crippen molar-refractivity contribution in [3.05, 3.63) is 0 Å². The first-order chi connectivity index (χ1) is 4.65. The van der Waals surface area contributed by atoms with Gasteiger partial charge in [0, 0.05) is 11.0 Å². The Morgan fingerprint density at radius 2 is 1.80 bits per heavy atom. The molecule has 0 saturated heterocycles. The molecule has 64 valence electrons. The Morgan fingerprint density at radius 1 is 1.40 bits per heavy atom. The summed E-state index contributed by atoms with van der Waals surface area (Å²) < 4.78 is 0. The average Bonchev–Trinajstić information content (AvgIpc) is 1.82. The van der Waals surface area contributed by atoms with Crippen molar-refractivity contribution in [1.29, 1.82) is 0 Å². The van der Waals surface area contributed by atoms with Gasteiger partial charge in [-0.25, -0.2) is 0 Å². The monoisotopic (exact) mass is 202 g/mol. The molecule has 2 unspecified atom stereocenters. The minimum absolute atomic E-state index is 0.222. The van der Waals surface area contributed by atoms with E-state index in [-0.39, 0.29) is 5.12 Å². The Labute approximate surface area is 76.9 Å². The molecule has 0 aromatic carbocycles. The largest absolute Gasteiger partial charge is 0.127 e. The van der Waals surface area contributed by atoms with Crippen molar-refractivity contribution in [3.8, 4) is 0 Å². The van der Waals surface area contributed by atoms with E-state index in [9.17, 15) is 0 Å². The normalized spacial score (nSPS) is 11.7. The smallest absolute Gasteiger partial charge is 0.0448 e. The topological polar surface area (TPSA) is 0 Å². The number of hydrogen-bond donors (Lipinski definition) is 0. The van der Waals surface area contributed by atoms with Gasteiger partial charge in [-0.05, 0) is 13.3 Å². The summed E-state index contributed by atoms with van der Waals surface area (Å²) in [5, 5.41) is 0.222. The Balaban J connectivity index is 0. The second-order valence-electron chi connectivity index (χ2n) is 2.07. The molecule has 10 heavy (non-hydrogen) atoms. The summed E-state index contributed by atoms with van der Waals surface area (Å²) in [6.45, 7) is 4.07. The van der Waals surface area contributed by atoms with Crippen molar-refractivity contribution >= 4 is 32.4 Å². The summed E-state index contributed by atoms with van der Waals surface area (Å²) >= 11 is 10.6. The second-order valence-corrected chi connectivity index (χ2v) is 4.56. The number of halogens is 2. The van der Waals surface area contributed by atoms with E-state index < -0.39 is 0 Å². The lowest BCUT2D eigenvalue weighted by molar-refractivity contribution is 0.776. The highest BCUT2D eigenvalue weighted by molar-refractivity contribution is 7.20. The van der Waals surface area contributed by atoms with E-state index in [4.69, 9.17) is 23.2 Å². The quantitative estimate of drug-likeness (QED) is 0.371. The van der Waals surface area contributed by atoms with Crippen LogP contribution in [0.4, 0.5) is 0 Å². The second kappa shape index (κ2) is 12.7. The minimum Gasteiger partial charge on any atom is -0.127 e. The van der Waals surface area contributed by atoms with Gasteiger partial charge in [-0.15, -0.1) is 32.4 Å². The fourth-order valence-corrected chi connectivity index (χ4v) is 0.533. The van der Waals surface area contributed by atoms with Gasteiger partial charge in [0.15, 0.2) is 0 Å². The number of hydrogen-bond acceptors (Lipinski definition) is 0. The van der Waals surface area contributed by atoms with Gasteiger partial charge in [0.25, 0.3) is 0 Å². The standard InChI is InChI=1S/C5H11Cl.C2H6ClP/c1-2-3-4-5-6;1-2(3)4/h2-5H2,1H3;2H,4H2,1H3. The van der Waals surface area contributed by atoms with E-state index in [2.05, 4.69) is 16.2 Å². The highest BCUT2D eigenvalue weighted by Crippen LogP contribution is 1.99. The zero-order valence-corrected chi connectivity index (χ0v) is 9.41. The maximum absolute atomic E-state index is 5.38. The predicted molar refractivity (Wildman–Crippen MR) is 55.3 cm³/mol. The van der Waals surface area contributed by atoms with Crippen LogP contribution in [0.2, 0.25) is 0 Å². The third-order valence-electron chi connectivity index (χ3n) is 0.737. The molecule has 0 fully saturated rings. The average molecular weight is 203 g/mol. The van der Waals surface area contributed by atoms with Crippen LogP contribution in [0.1, 0.15) is 33.1 Å². The zero-order valence-electron chi connectivity index (χ0n) is 6.74. The van der Waals surface area contributed by atoms with E-state index in [1.165, 1.54) is 19.3 Å². The SMILES string of the molecule is CC(P)Cl.CCCCCCl. The molecule has 0 N–H and O–H groups in total. The van der Waals surface area contributed by atoms with Gasteiger partial charge >= 0.3 is 0 Å². The van der Waals surface area contributed by atoms with Crippen LogP contribution in [0.15, 0.2) is 0 Å². The number of unbranched alkanes of at least 4 members (excludes halogenated alkanes) is 2. The Kier molecular flexibility index (Phi) is 17.2. The van der Waals surface area contributed by atoms with E-state index >= 15 is 0 Å². The molecular weight excluding hydrogens is 186 g/mol. The van der Waals surface area contributed by atoms with Gasteiger partial charge in [0.1, 0.15) is 0 Å². The molecule has 2 atom stereocenters. The van der Waals surface area contributed by atoms with Gasteiger partial charge in [-0.2, -0.15) is 0 Å². The number of rotatable bonds is 3. The first kappa shape index (κ1) is 13.6. The summed E-state index contributed by atoms with van der Waals surface area (Å²) in [6.07, 6.45) is 3.73. The maximum atomic E-state index is 5.38. The summed E-state index contributed by atoms with van der Waals surface area (Å²) in [5.41, 5.74) is 0. The van der Waals surface area contributed by atoms with Gasteiger partial charge in [-0.3, -0.25) is 0 Å². The van der Waals surface area contributed by atoms with Crippen molar-refractivity contribution in [2.45, 2.75) is 38.2 Å². The van der Waals surface area contributed by atoms with Crippen LogP contribution in [0.25, 0.3) is 0 Å². The van der Waals surface area contributed by atoms with Crippen molar-refractivity contribution < 1.29 is 0 Å². The maximum Gasteiger partial charge on any atom is 0.0448 e. The predicted octanol–water partition coefficient (Wildman–Crippen LogP) is 3.86. The molecule has 0 aliphatic heterocycles. The van der Waals surface area contributed by atoms with E-state index in [1.54, 1.807) is 0 Å². The lowest BCUT2D eigenvalue weighted by Gasteiger charge is -1.84.